The summed E-state index contributed by atoms with van der Waals surface area (Å²) in [4.78, 5) is 8.69. The summed E-state index contributed by atoms with van der Waals surface area (Å²) in [5.41, 5.74) is 2.86. The fourth-order valence-corrected chi connectivity index (χ4v) is 2.85. The van der Waals surface area contributed by atoms with Gasteiger partial charge in [0.2, 0.25) is 5.88 Å². The molecule has 2 heterocycles. The Morgan fingerprint density at radius 2 is 1.88 bits per heavy atom. The predicted molar refractivity (Wildman–Crippen MR) is 94.2 cm³/mol. The molecule has 2 aromatic heterocycles. The van der Waals surface area contributed by atoms with Crippen molar-refractivity contribution in [3.63, 3.8) is 0 Å². The van der Waals surface area contributed by atoms with Crippen LogP contribution in [0.3, 0.4) is 0 Å². The molecular weight excluding hydrogens is 345 g/mol. The van der Waals surface area contributed by atoms with E-state index in [1.807, 2.05) is 18.2 Å². The summed E-state index contributed by atoms with van der Waals surface area (Å²) in [7, 11) is 1.47. The van der Waals surface area contributed by atoms with Crippen LogP contribution >= 0.6 is 23.2 Å². The molecule has 0 aliphatic rings. The van der Waals surface area contributed by atoms with Gasteiger partial charge in [-0.3, -0.25) is 4.98 Å². The average molecular weight is 356 g/mol. The minimum atomic E-state index is 0.224. The highest BCUT2D eigenvalue weighted by Gasteiger charge is 2.18. The molecule has 0 atom stereocenters. The zero-order valence-corrected chi connectivity index (χ0v) is 14.1. The molecule has 1 aromatic carbocycles. The van der Waals surface area contributed by atoms with Crippen molar-refractivity contribution in [2.45, 2.75) is 0 Å². The molecule has 4 nitrogen and oxygen atoms in total. The van der Waals surface area contributed by atoms with E-state index in [0.717, 1.165) is 0 Å². The lowest BCUT2D eigenvalue weighted by Gasteiger charge is -2.12. The van der Waals surface area contributed by atoms with Crippen LogP contribution in [0.2, 0.25) is 10.0 Å². The van der Waals surface area contributed by atoms with Crippen LogP contribution in [0, 0.1) is 11.3 Å². The molecular formula is C18H11Cl2N3O. The van der Waals surface area contributed by atoms with Crippen molar-refractivity contribution >= 4 is 23.2 Å². The van der Waals surface area contributed by atoms with Crippen LogP contribution in [0.5, 0.6) is 5.88 Å². The quantitative estimate of drug-likeness (QED) is 0.663. The zero-order valence-electron chi connectivity index (χ0n) is 12.6. The number of hydrogen-bond acceptors (Lipinski definition) is 4. The van der Waals surface area contributed by atoms with Gasteiger partial charge in [0.1, 0.15) is 11.6 Å². The molecule has 0 saturated heterocycles. The monoisotopic (exact) mass is 355 g/mol. The van der Waals surface area contributed by atoms with E-state index in [1.165, 1.54) is 7.11 Å². The summed E-state index contributed by atoms with van der Waals surface area (Å²) in [6.45, 7) is 0. The molecule has 0 aliphatic heterocycles. The molecule has 3 rings (SSSR count). The van der Waals surface area contributed by atoms with Gasteiger partial charge in [-0.25, -0.2) is 4.98 Å². The van der Waals surface area contributed by atoms with Crippen molar-refractivity contribution in [3.05, 3.63) is 64.3 Å². The Morgan fingerprint density at radius 1 is 1.04 bits per heavy atom. The van der Waals surface area contributed by atoms with Gasteiger partial charge < -0.3 is 4.74 Å². The van der Waals surface area contributed by atoms with Gasteiger partial charge in [0.15, 0.2) is 0 Å². The van der Waals surface area contributed by atoms with Crippen molar-refractivity contribution < 1.29 is 4.74 Å². The van der Waals surface area contributed by atoms with E-state index >= 15 is 0 Å². The Balaban J connectivity index is 2.29. The molecule has 0 radical (unpaired) electrons. The lowest BCUT2D eigenvalue weighted by molar-refractivity contribution is 0.397. The minimum Gasteiger partial charge on any atom is -0.480 e. The first-order valence-corrected chi connectivity index (χ1v) is 7.75. The average Bonchev–Trinajstić information content (AvgIpc) is 2.61. The second-order valence-corrected chi connectivity index (χ2v) is 5.73. The number of pyridine rings is 2. The van der Waals surface area contributed by atoms with Crippen molar-refractivity contribution in [1.82, 2.24) is 9.97 Å². The second-order valence-electron chi connectivity index (χ2n) is 4.89. The van der Waals surface area contributed by atoms with Gasteiger partial charge >= 0.3 is 0 Å². The van der Waals surface area contributed by atoms with Crippen molar-refractivity contribution in [1.29, 1.82) is 5.26 Å². The molecule has 0 unspecified atom stereocenters. The summed E-state index contributed by atoms with van der Waals surface area (Å²) in [5, 5.41) is 10.5. The predicted octanol–water partition coefficient (Wildman–Crippen LogP) is 5.00. The number of ether oxygens (including phenoxy) is 1. The standard InChI is InChI=1S/C18H11Cl2N3O/c1-24-18-14(10-21)13(12-6-5-11(19)8-15(12)20)9-17(23-18)16-4-2-3-7-22-16/h2-9H,1H3. The number of benzene rings is 1. The third-order valence-electron chi connectivity index (χ3n) is 3.44. The van der Waals surface area contributed by atoms with E-state index < -0.39 is 0 Å². The SMILES string of the molecule is COc1nc(-c2ccccn2)cc(-c2ccc(Cl)cc2Cl)c1C#N. The van der Waals surface area contributed by atoms with Crippen molar-refractivity contribution in [2.24, 2.45) is 0 Å². The molecule has 24 heavy (non-hydrogen) atoms. The largest absolute Gasteiger partial charge is 0.480 e. The number of methoxy groups -OCH3 is 1. The van der Waals surface area contributed by atoms with E-state index in [0.29, 0.717) is 38.1 Å². The lowest BCUT2D eigenvalue weighted by Crippen LogP contribution is -1.98. The maximum Gasteiger partial charge on any atom is 0.232 e. The van der Waals surface area contributed by atoms with Crippen LogP contribution in [0.25, 0.3) is 22.5 Å². The fourth-order valence-electron chi connectivity index (χ4n) is 2.34. The Bertz CT molecular complexity index is 937. The number of halogens is 2. The third-order valence-corrected chi connectivity index (χ3v) is 3.99. The Hall–Kier alpha value is -2.61. The normalized spacial score (nSPS) is 10.2. The Morgan fingerprint density at radius 3 is 2.50 bits per heavy atom. The van der Waals surface area contributed by atoms with E-state index in [2.05, 4.69) is 16.0 Å². The van der Waals surface area contributed by atoms with Crippen LogP contribution in [0.15, 0.2) is 48.7 Å². The Labute approximate surface area is 149 Å². The molecule has 6 heteroatoms. The summed E-state index contributed by atoms with van der Waals surface area (Å²) >= 11 is 12.3. The highest BCUT2D eigenvalue weighted by Crippen LogP contribution is 2.37. The van der Waals surface area contributed by atoms with E-state index in [4.69, 9.17) is 27.9 Å². The fraction of sp³-hybridized carbons (Fsp3) is 0.0556. The smallest absolute Gasteiger partial charge is 0.232 e. The molecule has 0 bridgehead atoms. The summed E-state index contributed by atoms with van der Waals surface area (Å²) in [6.07, 6.45) is 1.68. The van der Waals surface area contributed by atoms with Gasteiger partial charge in [-0.15, -0.1) is 0 Å². The summed E-state index contributed by atoms with van der Waals surface area (Å²) < 4.78 is 5.29. The first-order valence-electron chi connectivity index (χ1n) is 7.00. The first kappa shape index (κ1) is 16.3. The number of nitriles is 1. The van der Waals surface area contributed by atoms with E-state index in [9.17, 15) is 5.26 Å². The van der Waals surface area contributed by atoms with Crippen LogP contribution < -0.4 is 4.74 Å². The molecule has 0 aliphatic carbocycles. The van der Waals surface area contributed by atoms with Crippen LogP contribution in [0.1, 0.15) is 5.56 Å². The van der Waals surface area contributed by atoms with Crippen molar-refractivity contribution in [2.75, 3.05) is 7.11 Å². The number of aromatic nitrogens is 2. The molecule has 3 aromatic rings. The molecule has 0 N–H and O–H groups in total. The highest BCUT2D eigenvalue weighted by molar-refractivity contribution is 6.36. The maximum absolute atomic E-state index is 9.54. The molecule has 118 valence electrons. The van der Waals surface area contributed by atoms with Gasteiger partial charge in [-0.05, 0) is 30.3 Å². The minimum absolute atomic E-state index is 0.224. The highest BCUT2D eigenvalue weighted by atomic mass is 35.5. The number of rotatable bonds is 3. The molecule has 0 fully saturated rings. The summed E-state index contributed by atoms with van der Waals surface area (Å²) in [6, 6.07) is 14.5. The molecule has 0 amide bonds. The molecule has 0 saturated carbocycles. The van der Waals surface area contributed by atoms with Crippen LogP contribution in [-0.2, 0) is 0 Å². The zero-order chi connectivity index (χ0) is 17.1. The topological polar surface area (TPSA) is 58.8 Å². The van der Waals surface area contributed by atoms with Gasteiger partial charge in [-0.2, -0.15) is 5.26 Å². The van der Waals surface area contributed by atoms with Gasteiger partial charge in [0.25, 0.3) is 0 Å². The summed E-state index contributed by atoms with van der Waals surface area (Å²) in [5.74, 6) is 0.224. The Kier molecular flexibility index (Phi) is 4.66. The van der Waals surface area contributed by atoms with E-state index in [1.54, 1.807) is 30.5 Å². The van der Waals surface area contributed by atoms with Gasteiger partial charge in [0, 0.05) is 27.4 Å². The second kappa shape index (κ2) is 6.88. The third kappa shape index (κ3) is 3.05. The van der Waals surface area contributed by atoms with Crippen molar-refractivity contribution in [3.8, 4) is 34.5 Å². The number of hydrogen-bond donors (Lipinski definition) is 0. The first-order chi connectivity index (χ1) is 11.6. The maximum atomic E-state index is 9.54. The lowest BCUT2D eigenvalue weighted by atomic mass is 10.00. The molecule has 0 spiro atoms. The van der Waals surface area contributed by atoms with E-state index in [-0.39, 0.29) is 5.88 Å². The van der Waals surface area contributed by atoms with Gasteiger partial charge in [-0.1, -0.05) is 35.3 Å². The van der Waals surface area contributed by atoms with Gasteiger partial charge in [0.05, 0.1) is 18.5 Å². The van der Waals surface area contributed by atoms with Crippen LogP contribution in [0.4, 0.5) is 0 Å². The van der Waals surface area contributed by atoms with Crippen LogP contribution in [-0.4, -0.2) is 17.1 Å². The number of nitrogens with zero attached hydrogens (tertiary/aromatic N) is 3.